The van der Waals surface area contributed by atoms with Crippen molar-refractivity contribution in [3.05, 3.63) is 82.8 Å². The van der Waals surface area contributed by atoms with Crippen LogP contribution in [0.15, 0.2) is 48.6 Å². The average Bonchev–Trinajstić information content (AvgIpc) is 4.17. The van der Waals surface area contributed by atoms with Crippen molar-refractivity contribution in [1.82, 2.24) is 38.5 Å². The lowest BCUT2D eigenvalue weighted by molar-refractivity contribution is -0.147. The van der Waals surface area contributed by atoms with Gasteiger partial charge in [0.1, 0.15) is 11.2 Å². The number of rotatable bonds is 6. The van der Waals surface area contributed by atoms with Gasteiger partial charge in [-0.25, -0.2) is 19.6 Å². The third kappa shape index (κ3) is 11.6. The van der Waals surface area contributed by atoms with Crippen LogP contribution in [-0.2, 0) is 41.4 Å². The number of nitrogens with zero attached hydrogens (tertiary/aromatic N) is 8. The van der Waals surface area contributed by atoms with Crippen molar-refractivity contribution in [3.8, 4) is 0 Å². The van der Waals surface area contributed by atoms with Gasteiger partial charge in [0.2, 0.25) is 0 Å². The minimum atomic E-state index is -0.484. The van der Waals surface area contributed by atoms with Crippen molar-refractivity contribution in [2.24, 2.45) is 17.8 Å². The van der Waals surface area contributed by atoms with E-state index in [0.29, 0.717) is 50.4 Å². The van der Waals surface area contributed by atoms with Gasteiger partial charge in [0, 0.05) is 63.3 Å². The largest absolute Gasteiger partial charge is 0.469 e. The number of aromatic nitrogens is 6. The van der Waals surface area contributed by atoms with E-state index in [-0.39, 0.29) is 50.8 Å². The zero-order valence-corrected chi connectivity index (χ0v) is 42.3. The van der Waals surface area contributed by atoms with E-state index in [2.05, 4.69) is 39.4 Å². The van der Waals surface area contributed by atoms with Crippen LogP contribution >= 0.6 is 0 Å². The molecule has 0 bridgehead atoms. The lowest BCUT2D eigenvalue weighted by atomic mass is 9.78. The highest BCUT2D eigenvalue weighted by atomic mass is 16.6. The Morgan fingerprint density at radius 2 is 1.04 bits per heavy atom. The Morgan fingerprint density at radius 1 is 0.569 bits per heavy atom. The number of methoxy groups -OCH3 is 2. The summed E-state index contributed by atoms with van der Waals surface area (Å²) in [5.41, 5.74) is 11.2. The molecule has 2 amide bonds. The standard InChI is InChI=1S/C27H36N4O4.C27H34N4O4.2CH4/c2*1-27(2,3)35-26(33)30-13-11-18(12-14-30)22-16-31-23(29-22)15-28-21-10-9-20(24(21)31)17-5-7-19(8-6-17)25(32)34-4;;/h9,15-19H,5-8,10-14H2,1-4H3;5,9,15-16,18-19H,6-8,10-14H2,1-4H3;2*1H4. The van der Waals surface area contributed by atoms with Gasteiger partial charge >= 0.3 is 24.1 Å². The number of hydrogen-bond donors (Lipinski definition) is 0. The highest BCUT2D eigenvalue weighted by molar-refractivity contribution is 5.84. The molecule has 16 nitrogen and oxygen atoms in total. The molecule has 6 aliphatic rings. The number of piperidine rings is 2. The highest BCUT2D eigenvalue weighted by Gasteiger charge is 2.35. The molecule has 4 aromatic heterocycles. The summed E-state index contributed by atoms with van der Waals surface area (Å²) in [7, 11) is 2.93. The molecule has 3 fully saturated rings. The number of carbonyl (C=O) groups excluding carboxylic acids is 4. The van der Waals surface area contributed by atoms with Gasteiger partial charge in [-0.05, 0) is 135 Å². The van der Waals surface area contributed by atoms with E-state index in [4.69, 9.17) is 38.9 Å². The van der Waals surface area contributed by atoms with Crippen molar-refractivity contribution < 1.29 is 38.1 Å². The monoisotopic (exact) mass is 991 g/mol. The van der Waals surface area contributed by atoms with Gasteiger partial charge in [-0.1, -0.05) is 33.1 Å². The minimum Gasteiger partial charge on any atom is -0.469 e. The first kappa shape index (κ1) is 53.7. The first-order chi connectivity index (χ1) is 33.5. The van der Waals surface area contributed by atoms with E-state index in [1.54, 1.807) is 4.90 Å². The second-order valence-electron chi connectivity index (χ2n) is 21.9. The Labute approximate surface area is 425 Å². The molecule has 390 valence electrons. The van der Waals surface area contributed by atoms with Crippen molar-refractivity contribution in [1.29, 1.82) is 0 Å². The first-order valence-electron chi connectivity index (χ1n) is 25.4. The molecule has 16 heteroatoms. The molecule has 10 rings (SSSR count). The number of imidazole rings is 2. The van der Waals surface area contributed by atoms with Crippen molar-refractivity contribution in [2.45, 2.75) is 163 Å². The molecule has 1 saturated carbocycles. The Hall–Kier alpha value is -6.06. The molecular formula is C56H78N8O8. The van der Waals surface area contributed by atoms with E-state index in [1.807, 2.05) is 58.8 Å². The number of carbonyl (C=O) groups is 4. The second-order valence-corrected chi connectivity index (χ2v) is 21.9. The van der Waals surface area contributed by atoms with Crippen molar-refractivity contribution in [3.63, 3.8) is 0 Å². The van der Waals surface area contributed by atoms with Crippen LogP contribution in [0.5, 0.6) is 0 Å². The fourth-order valence-electron chi connectivity index (χ4n) is 11.2. The second kappa shape index (κ2) is 22.0. The van der Waals surface area contributed by atoms with Crippen LogP contribution in [0.4, 0.5) is 9.59 Å². The Balaban J connectivity index is 0.000000206. The van der Waals surface area contributed by atoms with E-state index in [1.165, 1.54) is 36.6 Å². The van der Waals surface area contributed by atoms with E-state index >= 15 is 0 Å². The molecule has 0 radical (unpaired) electrons. The van der Waals surface area contributed by atoms with E-state index in [0.717, 1.165) is 117 Å². The number of allylic oxidation sites excluding steroid dienone is 6. The molecule has 4 aromatic rings. The number of esters is 2. The number of hydrogen-bond acceptors (Lipinski definition) is 12. The molecule has 6 heterocycles. The van der Waals surface area contributed by atoms with Crippen molar-refractivity contribution >= 4 is 46.6 Å². The number of amides is 2. The van der Waals surface area contributed by atoms with Gasteiger partial charge < -0.3 is 28.7 Å². The SMILES string of the molecule is C.C.COC(=O)C1CC=C(C2=CCc3ncc4nc(C5CCN(C(=O)OC(C)(C)C)CC5)cn4c32)CC1.COC(=O)C1CCC(C2=CCc3ncc4nc(C5CCN(C(=O)OC(C)(C)C)CC5)cn4c32)CC1. The highest BCUT2D eigenvalue weighted by Crippen LogP contribution is 2.43. The predicted molar refractivity (Wildman–Crippen MR) is 277 cm³/mol. The fraction of sp³-hybridized carbons (Fsp3) is 0.607. The lowest BCUT2D eigenvalue weighted by Crippen LogP contribution is -2.41. The Morgan fingerprint density at radius 3 is 1.51 bits per heavy atom. The summed E-state index contributed by atoms with van der Waals surface area (Å²) in [5.74, 6) is 0.824. The van der Waals surface area contributed by atoms with Crippen LogP contribution in [0, 0.1) is 17.8 Å². The van der Waals surface area contributed by atoms with Crippen LogP contribution < -0.4 is 0 Å². The molecule has 0 aromatic carbocycles. The van der Waals surface area contributed by atoms with Gasteiger partial charge in [0.15, 0.2) is 11.3 Å². The average molecular weight is 991 g/mol. The van der Waals surface area contributed by atoms with Crippen LogP contribution in [0.1, 0.15) is 173 Å². The maximum absolute atomic E-state index is 12.4. The third-order valence-corrected chi connectivity index (χ3v) is 14.9. The summed E-state index contributed by atoms with van der Waals surface area (Å²) in [4.78, 5) is 71.7. The van der Waals surface area contributed by atoms with Crippen LogP contribution in [0.2, 0.25) is 0 Å². The summed E-state index contributed by atoms with van der Waals surface area (Å²) < 4.78 is 25.4. The Bertz CT molecular complexity index is 2730. The summed E-state index contributed by atoms with van der Waals surface area (Å²) in [5, 5.41) is 0. The molecule has 4 aliphatic carbocycles. The Kier molecular flexibility index (Phi) is 16.4. The third-order valence-electron chi connectivity index (χ3n) is 14.9. The van der Waals surface area contributed by atoms with Gasteiger partial charge in [-0.15, -0.1) is 0 Å². The van der Waals surface area contributed by atoms with Gasteiger partial charge in [-0.3, -0.25) is 28.4 Å². The predicted octanol–water partition coefficient (Wildman–Crippen LogP) is 10.7. The van der Waals surface area contributed by atoms with Crippen molar-refractivity contribution in [2.75, 3.05) is 40.4 Å². The molecular weight excluding hydrogens is 913 g/mol. The van der Waals surface area contributed by atoms with Crippen LogP contribution in [-0.4, -0.2) is 114 Å². The maximum Gasteiger partial charge on any atom is 0.410 e. The zero-order valence-electron chi connectivity index (χ0n) is 42.3. The molecule has 0 N–H and O–H groups in total. The van der Waals surface area contributed by atoms with Gasteiger partial charge in [0.25, 0.3) is 0 Å². The molecule has 1 unspecified atom stereocenters. The summed E-state index contributed by atoms with van der Waals surface area (Å²) in [6.45, 7) is 14.1. The molecule has 72 heavy (non-hydrogen) atoms. The summed E-state index contributed by atoms with van der Waals surface area (Å²) in [6, 6.07) is 0. The van der Waals surface area contributed by atoms with E-state index in [9.17, 15) is 19.2 Å². The minimum absolute atomic E-state index is 0. The number of likely N-dealkylation sites (tertiary alicyclic amines) is 2. The molecule has 1 atom stereocenters. The quantitative estimate of drug-likeness (QED) is 0.132. The number of ether oxygens (including phenoxy) is 4. The van der Waals surface area contributed by atoms with Gasteiger partial charge in [-0.2, -0.15) is 0 Å². The molecule has 2 aliphatic heterocycles. The smallest absolute Gasteiger partial charge is 0.410 e. The fourth-order valence-corrected chi connectivity index (χ4v) is 11.2. The maximum atomic E-state index is 12.4. The zero-order chi connectivity index (χ0) is 49.5. The topological polar surface area (TPSA) is 172 Å². The first-order valence-corrected chi connectivity index (χ1v) is 25.4. The molecule has 2 saturated heterocycles. The summed E-state index contributed by atoms with van der Waals surface area (Å²) in [6.07, 6.45) is 25.6. The normalized spacial score (nSPS) is 21.4. The lowest BCUT2D eigenvalue weighted by Gasteiger charge is -2.32. The molecule has 0 spiro atoms. The van der Waals surface area contributed by atoms with Crippen LogP contribution in [0.3, 0.4) is 0 Å². The number of fused-ring (bicyclic) bond motifs is 6. The summed E-state index contributed by atoms with van der Waals surface area (Å²) >= 11 is 0. The van der Waals surface area contributed by atoms with E-state index < -0.39 is 11.2 Å². The van der Waals surface area contributed by atoms with Crippen LogP contribution in [0.25, 0.3) is 22.4 Å². The van der Waals surface area contributed by atoms with Gasteiger partial charge in [0.05, 0.1) is 72.6 Å².